The second kappa shape index (κ2) is 33.7. The van der Waals surface area contributed by atoms with Crippen LogP contribution in [0.15, 0.2) is 60.8 Å². The molecule has 1 unspecified atom stereocenters. The quantitative estimate of drug-likeness (QED) is 0.0167. The number of aliphatic hydroxyl groups excluding tert-OH is 2. The summed E-state index contributed by atoms with van der Waals surface area (Å²) in [6, 6.07) is -0.895. The minimum Gasteiger partial charge on any atom is -0.389 e. The Kier molecular flexibility index (Phi) is 32.5. The first-order chi connectivity index (χ1) is 24.9. The minimum absolute atomic E-state index is 0.0376. The van der Waals surface area contributed by atoms with Gasteiger partial charge in [0.2, 0.25) is 5.91 Å². The van der Waals surface area contributed by atoms with E-state index in [-0.39, 0.29) is 25.5 Å². The van der Waals surface area contributed by atoms with Gasteiger partial charge in [-0.3, -0.25) is 13.8 Å². The molecule has 0 aliphatic carbocycles. The molecule has 0 radical (unpaired) electrons. The number of amides is 1. The van der Waals surface area contributed by atoms with Crippen LogP contribution in [0.2, 0.25) is 0 Å². The lowest BCUT2D eigenvalue weighted by Gasteiger charge is -2.25. The number of phosphoric ester groups is 1. The molecule has 10 heteroatoms. The minimum atomic E-state index is -4.36. The van der Waals surface area contributed by atoms with Gasteiger partial charge < -0.3 is 24.9 Å². The largest absolute Gasteiger partial charge is 0.472 e. The highest BCUT2D eigenvalue weighted by Gasteiger charge is 2.27. The van der Waals surface area contributed by atoms with Crippen LogP contribution in [0.25, 0.3) is 0 Å². The molecule has 0 aromatic carbocycles. The van der Waals surface area contributed by atoms with Crippen molar-refractivity contribution in [2.75, 3.05) is 40.9 Å². The van der Waals surface area contributed by atoms with E-state index in [9.17, 15) is 24.5 Å². The number of nitrogens with one attached hydrogen (secondary N) is 1. The fourth-order valence-electron chi connectivity index (χ4n) is 5.23. The van der Waals surface area contributed by atoms with Gasteiger partial charge in [0.05, 0.1) is 46.0 Å². The SMILES string of the molecule is CCCCC/C=C\C[C@H](O)/C=C/C=C\C/C=C\CCCC(=O)N[C@@H](COP(=O)(O)OCC[N+](C)(C)C)[C@H](O)/C=C/CCCCCCCCCCCC. The number of hydrogen-bond acceptors (Lipinski definition) is 6. The Balaban J connectivity index is 4.69. The number of quaternary nitrogens is 1. The van der Waals surface area contributed by atoms with Crippen molar-refractivity contribution in [3.8, 4) is 0 Å². The Morgan fingerprint density at radius 1 is 0.712 bits per heavy atom. The van der Waals surface area contributed by atoms with E-state index in [0.717, 1.165) is 38.5 Å². The molecule has 1 amide bonds. The van der Waals surface area contributed by atoms with Gasteiger partial charge in [-0.05, 0) is 51.4 Å². The maximum atomic E-state index is 12.8. The molecule has 0 saturated carbocycles. The van der Waals surface area contributed by atoms with Gasteiger partial charge in [-0.1, -0.05) is 145 Å². The molecule has 4 atom stereocenters. The predicted octanol–water partition coefficient (Wildman–Crippen LogP) is 9.66. The third-order valence-corrected chi connectivity index (χ3v) is 9.55. The Morgan fingerprint density at radius 2 is 1.29 bits per heavy atom. The third-order valence-electron chi connectivity index (χ3n) is 8.56. The van der Waals surface area contributed by atoms with Gasteiger partial charge in [-0.15, -0.1) is 0 Å². The summed E-state index contributed by atoms with van der Waals surface area (Å²) in [6.45, 7) is 4.62. The van der Waals surface area contributed by atoms with Crippen molar-refractivity contribution in [2.45, 2.75) is 161 Å². The maximum absolute atomic E-state index is 12.8. The number of nitrogens with zero attached hydrogens (tertiary/aromatic N) is 1. The van der Waals surface area contributed by atoms with Crippen LogP contribution in [-0.4, -0.2) is 84.6 Å². The number of carbonyl (C=O) groups excluding carboxylic acids is 1. The van der Waals surface area contributed by atoms with Crippen LogP contribution in [0.5, 0.6) is 0 Å². The van der Waals surface area contributed by atoms with E-state index in [4.69, 9.17) is 9.05 Å². The number of rotatable bonds is 35. The second-order valence-corrected chi connectivity index (χ2v) is 16.3. The van der Waals surface area contributed by atoms with Crippen LogP contribution in [0.3, 0.4) is 0 Å². The van der Waals surface area contributed by atoms with Crippen molar-refractivity contribution in [3.05, 3.63) is 60.8 Å². The summed E-state index contributed by atoms with van der Waals surface area (Å²) < 4.78 is 23.4. The standard InChI is InChI=1S/C42H77N2O7P/c1-6-8-10-12-14-15-16-17-18-22-26-30-34-41(46)40(38-51-52(48,49)50-37-36-44(3,4)5)43-42(47)35-31-27-23-20-19-21-25-29-33-39(45)32-28-24-13-11-9-7-2/h20-21,23-25,28-30,33-34,39-41,45-46H,6-19,22,26-27,31-32,35-38H2,1-5H3,(H-,43,47,48,49)/p+1/b23-20-,25-21-,28-24-,33-29+,34-30+/t39-,40-,41+/m0/s1. The van der Waals surface area contributed by atoms with Crippen LogP contribution in [0.4, 0.5) is 0 Å². The normalized spacial score (nSPS) is 15.8. The summed E-state index contributed by atoms with van der Waals surface area (Å²) in [5, 5.41) is 23.7. The van der Waals surface area contributed by atoms with Crippen molar-refractivity contribution in [3.63, 3.8) is 0 Å². The smallest absolute Gasteiger partial charge is 0.389 e. The molecular formula is C42H78N2O7P+. The number of carbonyl (C=O) groups is 1. The zero-order valence-electron chi connectivity index (χ0n) is 33.6. The Morgan fingerprint density at radius 3 is 1.96 bits per heavy atom. The highest BCUT2D eigenvalue weighted by atomic mass is 31.2. The van der Waals surface area contributed by atoms with Gasteiger partial charge in [0.15, 0.2) is 0 Å². The summed E-state index contributed by atoms with van der Waals surface area (Å²) in [6.07, 6.45) is 38.9. The van der Waals surface area contributed by atoms with Crippen molar-refractivity contribution < 1.29 is 38.0 Å². The molecule has 0 fully saturated rings. The van der Waals surface area contributed by atoms with Gasteiger partial charge >= 0.3 is 7.82 Å². The molecule has 4 N–H and O–H groups in total. The molecule has 0 aliphatic rings. The van der Waals surface area contributed by atoms with E-state index < -0.39 is 26.1 Å². The highest BCUT2D eigenvalue weighted by Crippen LogP contribution is 2.43. The molecule has 0 spiro atoms. The lowest BCUT2D eigenvalue weighted by atomic mass is 10.1. The summed E-state index contributed by atoms with van der Waals surface area (Å²) >= 11 is 0. The molecule has 0 aliphatic heterocycles. The average molecular weight is 754 g/mol. The molecule has 0 aromatic heterocycles. The van der Waals surface area contributed by atoms with Gasteiger partial charge in [0, 0.05) is 6.42 Å². The number of unbranched alkanes of at least 4 members (excludes halogenated alkanes) is 14. The first-order valence-corrected chi connectivity index (χ1v) is 21.8. The lowest BCUT2D eigenvalue weighted by molar-refractivity contribution is -0.870. The van der Waals surface area contributed by atoms with Crippen molar-refractivity contribution >= 4 is 13.7 Å². The van der Waals surface area contributed by atoms with Crippen molar-refractivity contribution in [2.24, 2.45) is 0 Å². The predicted molar refractivity (Wildman–Crippen MR) is 218 cm³/mol. The molecule has 52 heavy (non-hydrogen) atoms. The summed E-state index contributed by atoms with van der Waals surface area (Å²) in [4.78, 5) is 23.0. The number of allylic oxidation sites excluding steroid dienone is 7. The van der Waals surface area contributed by atoms with Gasteiger partial charge in [-0.2, -0.15) is 0 Å². The number of phosphoric acid groups is 1. The molecule has 0 bridgehead atoms. The molecule has 0 saturated heterocycles. The van der Waals surface area contributed by atoms with Crippen LogP contribution in [-0.2, 0) is 18.4 Å². The van der Waals surface area contributed by atoms with Crippen LogP contribution in [0, 0.1) is 0 Å². The lowest BCUT2D eigenvalue weighted by Crippen LogP contribution is -2.45. The molecule has 0 aromatic rings. The molecule has 9 nitrogen and oxygen atoms in total. The topological polar surface area (TPSA) is 125 Å². The van der Waals surface area contributed by atoms with E-state index in [1.54, 1.807) is 12.2 Å². The Hall–Kier alpha value is -1.84. The fourth-order valence-corrected chi connectivity index (χ4v) is 5.97. The summed E-state index contributed by atoms with van der Waals surface area (Å²) in [5.41, 5.74) is 0. The zero-order chi connectivity index (χ0) is 38.8. The summed E-state index contributed by atoms with van der Waals surface area (Å²) in [5.74, 6) is -0.262. The number of likely N-dealkylation sites (N-methyl/N-ethyl adjacent to an activating group) is 1. The monoisotopic (exact) mass is 754 g/mol. The Bertz CT molecular complexity index is 1050. The highest BCUT2D eigenvalue weighted by molar-refractivity contribution is 7.47. The van der Waals surface area contributed by atoms with E-state index in [2.05, 4.69) is 25.2 Å². The molecule has 0 rings (SSSR count). The number of aliphatic hydroxyl groups is 2. The molecular weight excluding hydrogens is 675 g/mol. The average Bonchev–Trinajstić information content (AvgIpc) is 3.08. The van der Waals surface area contributed by atoms with Crippen LogP contribution in [0.1, 0.15) is 142 Å². The van der Waals surface area contributed by atoms with Gasteiger partial charge in [-0.25, -0.2) is 4.57 Å². The third kappa shape index (κ3) is 35.2. The molecule has 0 heterocycles. The van der Waals surface area contributed by atoms with Crippen molar-refractivity contribution in [1.82, 2.24) is 5.32 Å². The van der Waals surface area contributed by atoms with E-state index in [0.29, 0.717) is 23.9 Å². The summed E-state index contributed by atoms with van der Waals surface area (Å²) in [7, 11) is 1.49. The van der Waals surface area contributed by atoms with Gasteiger partial charge in [0.25, 0.3) is 0 Å². The second-order valence-electron chi connectivity index (χ2n) is 14.9. The van der Waals surface area contributed by atoms with Gasteiger partial charge in [0.1, 0.15) is 13.2 Å². The first-order valence-electron chi connectivity index (χ1n) is 20.3. The molecule has 302 valence electrons. The fraction of sp³-hybridized carbons (Fsp3) is 0.738. The van der Waals surface area contributed by atoms with Crippen LogP contribution >= 0.6 is 7.82 Å². The Labute approximate surface area is 318 Å². The van der Waals surface area contributed by atoms with E-state index in [1.165, 1.54) is 70.6 Å². The number of hydrogen-bond donors (Lipinski definition) is 4. The first kappa shape index (κ1) is 50.2. The van der Waals surface area contributed by atoms with Crippen LogP contribution < -0.4 is 5.32 Å². The zero-order valence-corrected chi connectivity index (χ0v) is 34.5. The van der Waals surface area contributed by atoms with E-state index >= 15 is 0 Å². The van der Waals surface area contributed by atoms with Crippen molar-refractivity contribution in [1.29, 1.82) is 0 Å². The maximum Gasteiger partial charge on any atom is 0.472 e. The van der Waals surface area contributed by atoms with E-state index in [1.807, 2.05) is 63.7 Å².